The summed E-state index contributed by atoms with van der Waals surface area (Å²) < 4.78 is 0. The number of aryl methyl sites for hydroxylation is 1. The average molecular weight is 346 g/mol. The zero-order valence-electron chi connectivity index (χ0n) is 15.0. The summed E-state index contributed by atoms with van der Waals surface area (Å²) in [5.74, 6) is -0.373. The van der Waals surface area contributed by atoms with Gasteiger partial charge in [-0.25, -0.2) is 4.99 Å². The molecule has 1 aromatic carbocycles. The van der Waals surface area contributed by atoms with Crippen molar-refractivity contribution in [3.63, 3.8) is 0 Å². The smallest absolute Gasteiger partial charge is 0.273 e. The summed E-state index contributed by atoms with van der Waals surface area (Å²) in [7, 11) is 2.89. The number of oxime groups is 2. The van der Waals surface area contributed by atoms with Gasteiger partial charge in [0, 0.05) is 18.2 Å². The van der Waals surface area contributed by atoms with Crippen molar-refractivity contribution in [1.29, 1.82) is 0 Å². The van der Waals surface area contributed by atoms with Crippen molar-refractivity contribution in [3.8, 4) is 0 Å². The molecule has 0 radical (unpaired) electrons. The van der Waals surface area contributed by atoms with Crippen LogP contribution in [0.3, 0.4) is 0 Å². The first-order valence-corrected chi connectivity index (χ1v) is 7.53. The Morgan fingerprint density at radius 2 is 1.96 bits per heavy atom. The SMILES string of the molecule is CNC(=O)/C(=N/OC)c1cccc(C)c1CO/N=C(\C)C(C)=NC=O. The highest BCUT2D eigenvalue weighted by molar-refractivity contribution is 6.45. The van der Waals surface area contributed by atoms with E-state index in [1.54, 1.807) is 19.9 Å². The highest BCUT2D eigenvalue weighted by Gasteiger charge is 2.19. The number of likely N-dealkylation sites (N-methyl/N-ethyl adjacent to an activating group) is 1. The van der Waals surface area contributed by atoms with Gasteiger partial charge in [-0.05, 0) is 26.3 Å². The van der Waals surface area contributed by atoms with E-state index in [2.05, 4.69) is 20.6 Å². The van der Waals surface area contributed by atoms with Gasteiger partial charge in [0.05, 0.1) is 11.4 Å². The van der Waals surface area contributed by atoms with Gasteiger partial charge in [0.15, 0.2) is 5.71 Å². The molecule has 0 bridgehead atoms. The monoisotopic (exact) mass is 346 g/mol. The van der Waals surface area contributed by atoms with Crippen LogP contribution in [0.1, 0.15) is 30.5 Å². The van der Waals surface area contributed by atoms with Crippen molar-refractivity contribution in [2.24, 2.45) is 15.3 Å². The molecule has 0 aliphatic carbocycles. The zero-order chi connectivity index (χ0) is 18.8. The van der Waals surface area contributed by atoms with Gasteiger partial charge in [0.1, 0.15) is 13.7 Å². The maximum atomic E-state index is 12.1. The first-order valence-electron chi connectivity index (χ1n) is 7.53. The lowest BCUT2D eigenvalue weighted by molar-refractivity contribution is -0.114. The van der Waals surface area contributed by atoms with E-state index in [0.717, 1.165) is 11.1 Å². The molecule has 1 aromatic rings. The molecule has 0 saturated carbocycles. The van der Waals surface area contributed by atoms with Crippen LogP contribution in [0, 0.1) is 6.92 Å². The quantitative estimate of drug-likeness (QED) is 0.439. The molecule has 0 atom stereocenters. The van der Waals surface area contributed by atoms with Crippen LogP contribution in [0.2, 0.25) is 0 Å². The lowest BCUT2D eigenvalue weighted by atomic mass is 9.98. The Balaban J connectivity index is 3.14. The maximum absolute atomic E-state index is 12.1. The van der Waals surface area contributed by atoms with Crippen molar-refractivity contribution in [1.82, 2.24) is 5.32 Å². The van der Waals surface area contributed by atoms with Gasteiger partial charge in [0.25, 0.3) is 5.91 Å². The summed E-state index contributed by atoms with van der Waals surface area (Å²) in [6.45, 7) is 5.35. The fourth-order valence-electron chi connectivity index (χ4n) is 1.97. The van der Waals surface area contributed by atoms with Crippen molar-refractivity contribution in [2.45, 2.75) is 27.4 Å². The molecule has 1 N–H and O–H groups in total. The van der Waals surface area contributed by atoms with E-state index in [1.807, 2.05) is 19.1 Å². The lowest BCUT2D eigenvalue weighted by Gasteiger charge is -2.13. The number of carbonyl (C=O) groups excluding carboxylic acids is 2. The van der Waals surface area contributed by atoms with Crippen LogP contribution in [0.4, 0.5) is 0 Å². The average Bonchev–Trinajstić information content (AvgIpc) is 2.60. The Bertz CT molecular complexity index is 723. The number of hydrogen-bond donors (Lipinski definition) is 1. The highest BCUT2D eigenvalue weighted by Crippen LogP contribution is 2.17. The van der Waals surface area contributed by atoms with Crippen LogP contribution in [-0.2, 0) is 25.9 Å². The predicted octanol–water partition coefficient (Wildman–Crippen LogP) is 1.60. The van der Waals surface area contributed by atoms with E-state index in [0.29, 0.717) is 23.4 Å². The Morgan fingerprint density at radius 3 is 2.56 bits per heavy atom. The van der Waals surface area contributed by atoms with Crippen LogP contribution in [0.25, 0.3) is 0 Å². The second-order valence-corrected chi connectivity index (χ2v) is 5.07. The molecule has 0 fully saturated rings. The van der Waals surface area contributed by atoms with Gasteiger partial charge in [-0.3, -0.25) is 9.59 Å². The van der Waals surface area contributed by atoms with Gasteiger partial charge >= 0.3 is 0 Å². The minimum Gasteiger partial charge on any atom is -0.398 e. The van der Waals surface area contributed by atoms with E-state index < -0.39 is 0 Å². The Hall–Kier alpha value is -3.03. The van der Waals surface area contributed by atoms with Crippen LogP contribution in [0.15, 0.2) is 33.5 Å². The third kappa shape index (κ3) is 5.52. The molecule has 25 heavy (non-hydrogen) atoms. The number of benzene rings is 1. The molecule has 0 saturated heterocycles. The molecule has 134 valence electrons. The maximum Gasteiger partial charge on any atom is 0.273 e. The van der Waals surface area contributed by atoms with E-state index in [9.17, 15) is 9.59 Å². The summed E-state index contributed by atoms with van der Waals surface area (Å²) in [6.07, 6.45) is 0.449. The molecule has 0 aliphatic rings. The van der Waals surface area contributed by atoms with E-state index in [-0.39, 0.29) is 18.2 Å². The number of rotatable bonds is 8. The molecule has 0 unspecified atom stereocenters. The molecule has 0 heterocycles. The zero-order valence-corrected chi connectivity index (χ0v) is 15.0. The third-order valence-electron chi connectivity index (χ3n) is 3.47. The molecular weight excluding hydrogens is 324 g/mol. The minimum absolute atomic E-state index is 0.118. The van der Waals surface area contributed by atoms with Gasteiger partial charge in [-0.15, -0.1) is 0 Å². The topological polar surface area (TPSA) is 102 Å². The third-order valence-corrected chi connectivity index (χ3v) is 3.47. The van der Waals surface area contributed by atoms with Crippen LogP contribution >= 0.6 is 0 Å². The summed E-state index contributed by atoms with van der Waals surface area (Å²) in [5, 5.41) is 10.3. The first kappa shape index (κ1) is 20.0. The largest absolute Gasteiger partial charge is 0.398 e. The van der Waals surface area contributed by atoms with Crippen LogP contribution in [0.5, 0.6) is 0 Å². The lowest BCUT2D eigenvalue weighted by Crippen LogP contribution is -2.29. The first-order chi connectivity index (χ1) is 12.0. The molecule has 1 rings (SSSR count). The van der Waals surface area contributed by atoms with E-state index in [1.165, 1.54) is 14.2 Å². The molecule has 0 spiro atoms. The van der Waals surface area contributed by atoms with Gasteiger partial charge in [-0.1, -0.05) is 28.5 Å². The number of nitrogens with one attached hydrogen (secondary N) is 1. The predicted molar refractivity (Wildman–Crippen MR) is 95.9 cm³/mol. The second-order valence-electron chi connectivity index (χ2n) is 5.07. The Morgan fingerprint density at radius 1 is 1.24 bits per heavy atom. The Kier molecular flexibility index (Phi) is 7.98. The van der Waals surface area contributed by atoms with Crippen molar-refractivity contribution < 1.29 is 19.3 Å². The minimum atomic E-state index is -0.373. The normalized spacial score (nSPS) is 12.6. The molecule has 2 amide bonds. The number of hydrogen-bond acceptors (Lipinski definition) is 6. The number of amides is 2. The van der Waals surface area contributed by atoms with Gasteiger partial charge < -0.3 is 15.0 Å². The van der Waals surface area contributed by atoms with E-state index >= 15 is 0 Å². The fraction of sp³-hybridized carbons (Fsp3) is 0.353. The Labute approximate surface area is 146 Å². The molecule has 8 nitrogen and oxygen atoms in total. The highest BCUT2D eigenvalue weighted by atomic mass is 16.6. The summed E-state index contributed by atoms with van der Waals surface area (Å²) in [6, 6.07) is 5.47. The second kappa shape index (κ2) is 9.96. The molecule has 0 aliphatic heterocycles. The summed E-state index contributed by atoms with van der Waals surface area (Å²) in [4.78, 5) is 36.2. The summed E-state index contributed by atoms with van der Waals surface area (Å²) >= 11 is 0. The van der Waals surface area contributed by atoms with Crippen LogP contribution < -0.4 is 5.32 Å². The van der Waals surface area contributed by atoms with Gasteiger partial charge in [-0.2, -0.15) is 0 Å². The van der Waals surface area contributed by atoms with Crippen molar-refractivity contribution >= 4 is 29.5 Å². The molecule has 8 heteroatoms. The van der Waals surface area contributed by atoms with Crippen molar-refractivity contribution in [3.05, 3.63) is 34.9 Å². The fourth-order valence-corrected chi connectivity index (χ4v) is 1.97. The van der Waals surface area contributed by atoms with Gasteiger partial charge in [0.2, 0.25) is 6.41 Å². The molecule has 0 aromatic heterocycles. The number of aliphatic imine (C=N–C) groups is 1. The number of carbonyl (C=O) groups is 2. The van der Waals surface area contributed by atoms with Crippen molar-refractivity contribution in [2.75, 3.05) is 14.2 Å². The number of nitrogens with zero attached hydrogens (tertiary/aromatic N) is 3. The standard InChI is InChI=1S/C17H22N4O4/c1-11-7-6-8-14(16(21-24-5)17(23)18-4)15(11)9-25-20-13(3)12(2)19-10-22/h6-8,10H,9H2,1-5H3,(H,18,23)/b19-12?,20-13+,21-16+. The molecular formula is C17H22N4O4. The summed E-state index contributed by atoms with van der Waals surface area (Å²) in [5.41, 5.74) is 3.35. The van der Waals surface area contributed by atoms with Crippen LogP contribution in [-0.4, -0.2) is 43.6 Å². The van der Waals surface area contributed by atoms with E-state index in [4.69, 9.17) is 9.68 Å².